The Morgan fingerprint density at radius 3 is 2.71 bits per heavy atom. The maximum Gasteiger partial charge on any atom is 0.117 e. The lowest BCUT2D eigenvalue weighted by Gasteiger charge is -1.94. The molecule has 1 aliphatic rings. The Morgan fingerprint density at radius 2 is 1.86 bits per heavy atom. The van der Waals surface area contributed by atoms with Crippen LogP contribution in [0.2, 0.25) is 0 Å². The van der Waals surface area contributed by atoms with Gasteiger partial charge in [0.05, 0.1) is 0 Å². The molecule has 2 heteroatoms. The molecule has 0 radical (unpaired) electrons. The molecule has 1 aliphatic carbocycles. The van der Waals surface area contributed by atoms with Gasteiger partial charge in [-0.2, -0.15) is 0 Å². The average Bonchev–Trinajstić information content (AvgIpc) is 2.13. The van der Waals surface area contributed by atoms with Crippen molar-refractivity contribution in [2.45, 2.75) is 12.8 Å². The first-order valence-electron chi connectivity index (χ1n) is 4.65. The Hall–Kier alpha value is -1.70. The van der Waals surface area contributed by atoms with E-state index in [-0.39, 0.29) is 5.76 Å². The number of hydrogen-bond donors (Lipinski definition) is 2. The summed E-state index contributed by atoms with van der Waals surface area (Å²) < 4.78 is 0. The van der Waals surface area contributed by atoms with Gasteiger partial charge in [0, 0.05) is 11.8 Å². The molecule has 0 fully saturated rings. The van der Waals surface area contributed by atoms with Crippen molar-refractivity contribution >= 4 is 0 Å². The smallest absolute Gasteiger partial charge is 0.117 e. The van der Waals surface area contributed by atoms with Gasteiger partial charge in [0.25, 0.3) is 0 Å². The first-order valence-corrected chi connectivity index (χ1v) is 4.65. The minimum absolute atomic E-state index is 0.191. The molecule has 0 bridgehead atoms. The zero-order valence-electron chi connectivity index (χ0n) is 8.06. The molecule has 0 aromatic rings. The summed E-state index contributed by atoms with van der Waals surface area (Å²) in [7, 11) is 0. The molecule has 0 unspecified atom stereocenters. The third-order valence-electron chi connectivity index (χ3n) is 1.75. The normalized spacial score (nSPS) is 32.3. The standard InChI is InChI=1S/C12H15NO/c13-11-8-6-4-2-1-3-5-7-9-12(14)10-11/h1-2,4,6-10,14H,3,5,13H2/b2-1-,6-4-,9-7-,11-8-,12-10+. The van der Waals surface area contributed by atoms with Crippen LogP contribution in [0.5, 0.6) is 0 Å². The van der Waals surface area contributed by atoms with E-state index in [0.29, 0.717) is 5.70 Å². The van der Waals surface area contributed by atoms with E-state index in [1.807, 2.05) is 24.3 Å². The molecule has 14 heavy (non-hydrogen) atoms. The van der Waals surface area contributed by atoms with Crippen LogP contribution in [-0.4, -0.2) is 5.11 Å². The lowest BCUT2D eigenvalue weighted by Crippen LogP contribution is -1.93. The van der Waals surface area contributed by atoms with Crippen LogP contribution < -0.4 is 5.73 Å². The summed E-state index contributed by atoms with van der Waals surface area (Å²) in [6, 6.07) is 0. The molecular formula is C12H15NO. The fraction of sp³-hybridized carbons (Fsp3) is 0.167. The Labute approximate surface area is 84.4 Å². The molecule has 0 atom stereocenters. The molecule has 0 aromatic carbocycles. The van der Waals surface area contributed by atoms with Gasteiger partial charge in [-0.25, -0.2) is 0 Å². The summed E-state index contributed by atoms with van der Waals surface area (Å²) in [5, 5.41) is 9.37. The Balaban J connectivity index is 2.81. The first-order chi connectivity index (χ1) is 6.79. The number of aliphatic hydroxyl groups excluding tert-OH is 1. The molecule has 3 N–H and O–H groups in total. The van der Waals surface area contributed by atoms with Crippen LogP contribution in [0, 0.1) is 0 Å². The summed E-state index contributed by atoms with van der Waals surface area (Å²) in [5.74, 6) is 0.191. The van der Waals surface area contributed by atoms with Crippen molar-refractivity contribution < 1.29 is 5.11 Å². The maximum atomic E-state index is 9.37. The summed E-state index contributed by atoms with van der Waals surface area (Å²) in [4.78, 5) is 0. The molecule has 1 rings (SSSR count). The van der Waals surface area contributed by atoms with Crippen LogP contribution in [0.1, 0.15) is 12.8 Å². The third-order valence-corrected chi connectivity index (χ3v) is 1.75. The van der Waals surface area contributed by atoms with Gasteiger partial charge in [-0.1, -0.05) is 30.4 Å². The minimum Gasteiger partial charge on any atom is -0.508 e. The van der Waals surface area contributed by atoms with E-state index in [1.54, 1.807) is 12.2 Å². The highest BCUT2D eigenvalue weighted by Crippen LogP contribution is 2.01. The van der Waals surface area contributed by atoms with Gasteiger partial charge < -0.3 is 10.8 Å². The van der Waals surface area contributed by atoms with Crippen molar-refractivity contribution in [2.24, 2.45) is 5.73 Å². The number of rotatable bonds is 0. The zero-order valence-corrected chi connectivity index (χ0v) is 8.06. The largest absolute Gasteiger partial charge is 0.508 e. The Kier molecular flexibility index (Phi) is 4.35. The summed E-state index contributed by atoms with van der Waals surface area (Å²) >= 11 is 0. The number of nitrogens with two attached hydrogens (primary N) is 1. The lowest BCUT2D eigenvalue weighted by atomic mass is 10.2. The molecule has 0 saturated heterocycles. The molecule has 0 saturated carbocycles. The van der Waals surface area contributed by atoms with E-state index in [9.17, 15) is 5.11 Å². The van der Waals surface area contributed by atoms with Gasteiger partial charge >= 0.3 is 0 Å². The fourth-order valence-corrected chi connectivity index (χ4v) is 1.07. The van der Waals surface area contributed by atoms with Crippen LogP contribution >= 0.6 is 0 Å². The van der Waals surface area contributed by atoms with E-state index in [4.69, 9.17) is 5.73 Å². The highest BCUT2D eigenvalue weighted by molar-refractivity contribution is 5.27. The molecule has 74 valence electrons. The van der Waals surface area contributed by atoms with Crippen molar-refractivity contribution in [3.05, 3.63) is 60.1 Å². The second-order valence-corrected chi connectivity index (χ2v) is 3.03. The molecule has 0 amide bonds. The van der Waals surface area contributed by atoms with Gasteiger partial charge in [-0.3, -0.25) is 0 Å². The second-order valence-electron chi connectivity index (χ2n) is 3.03. The van der Waals surface area contributed by atoms with Crippen LogP contribution in [0.4, 0.5) is 0 Å². The molecule has 0 heterocycles. The summed E-state index contributed by atoms with van der Waals surface area (Å²) in [6.45, 7) is 0. The van der Waals surface area contributed by atoms with Crippen LogP contribution in [0.3, 0.4) is 0 Å². The van der Waals surface area contributed by atoms with E-state index in [2.05, 4.69) is 6.08 Å². The third kappa shape index (κ3) is 4.36. The van der Waals surface area contributed by atoms with Crippen molar-refractivity contribution in [3.63, 3.8) is 0 Å². The van der Waals surface area contributed by atoms with E-state index < -0.39 is 0 Å². The maximum absolute atomic E-state index is 9.37. The Bertz CT molecular complexity index is 319. The van der Waals surface area contributed by atoms with Crippen molar-refractivity contribution in [1.82, 2.24) is 0 Å². The second kappa shape index (κ2) is 5.86. The summed E-state index contributed by atoms with van der Waals surface area (Å²) in [6.07, 6.45) is 16.6. The van der Waals surface area contributed by atoms with Crippen molar-refractivity contribution in [1.29, 1.82) is 0 Å². The SMILES string of the molecule is NC1=C\C=C/C=C\CC\C=C/C(O)=C\1. The molecule has 0 aliphatic heterocycles. The monoisotopic (exact) mass is 189 g/mol. The number of aliphatic hydroxyl groups is 1. The highest BCUT2D eigenvalue weighted by Gasteiger charge is 1.87. The molecular weight excluding hydrogens is 174 g/mol. The topological polar surface area (TPSA) is 46.2 Å². The van der Waals surface area contributed by atoms with Crippen LogP contribution in [0.25, 0.3) is 0 Å². The predicted octanol–water partition coefficient (Wildman–Crippen LogP) is 2.73. The average molecular weight is 189 g/mol. The van der Waals surface area contributed by atoms with Crippen molar-refractivity contribution in [2.75, 3.05) is 0 Å². The van der Waals surface area contributed by atoms with Crippen LogP contribution in [-0.2, 0) is 0 Å². The van der Waals surface area contributed by atoms with E-state index >= 15 is 0 Å². The predicted molar refractivity (Wildman–Crippen MR) is 59.6 cm³/mol. The highest BCUT2D eigenvalue weighted by atomic mass is 16.3. The van der Waals surface area contributed by atoms with E-state index in [0.717, 1.165) is 12.8 Å². The van der Waals surface area contributed by atoms with Gasteiger partial charge in [0.1, 0.15) is 5.76 Å². The summed E-state index contributed by atoms with van der Waals surface area (Å²) in [5.41, 5.74) is 6.16. The van der Waals surface area contributed by atoms with Crippen LogP contribution in [0.15, 0.2) is 60.1 Å². The molecule has 0 aromatic heterocycles. The van der Waals surface area contributed by atoms with Gasteiger partial charge in [0.2, 0.25) is 0 Å². The molecule has 0 spiro atoms. The fourth-order valence-electron chi connectivity index (χ4n) is 1.07. The Morgan fingerprint density at radius 1 is 1.07 bits per heavy atom. The number of allylic oxidation sites excluding steroid dienone is 8. The van der Waals surface area contributed by atoms with Gasteiger partial charge in [-0.15, -0.1) is 0 Å². The zero-order chi connectivity index (χ0) is 10.2. The van der Waals surface area contributed by atoms with Gasteiger partial charge in [-0.05, 0) is 25.0 Å². The first kappa shape index (κ1) is 10.4. The van der Waals surface area contributed by atoms with E-state index in [1.165, 1.54) is 6.08 Å². The molecule has 2 nitrogen and oxygen atoms in total. The van der Waals surface area contributed by atoms with Crippen molar-refractivity contribution in [3.8, 4) is 0 Å². The lowest BCUT2D eigenvalue weighted by molar-refractivity contribution is 0.431. The van der Waals surface area contributed by atoms with Gasteiger partial charge in [0.15, 0.2) is 0 Å². The quantitative estimate of drug-likeness (QED) is 0.615. The minimum atomic E-state index is 0.191. The number of hydrogen-bond acceptors (Lipinski definition) is 2.